The van der Waals surface area contributed by atoms with E-state index in [1.54, 1.807) is 0 Å². The van der Waals surface area contributed by atoms with Crippen molar-refractivity contribution in [2.45, 2.75) is 46.1 Å². The molecule has 66 valence electrons. The van der Waals surface area contributed by atoms with E-state index in [-0.39, 0.29) is 0 Å². The fourth-order valence-corrected chi connectivity index (χ4v) is 1.53. The molecule has 0 aromatic heterocycles. The van der Waals surface area contributed by atoms with Gasteiger partial charge in [-0.2, -0.15) is 0 Å². The molecule has 1 atom stereocenters. The number of hydrogen-bond donors (Lipinski definition) is 1. The molecule has 0 aromatic carbocycles. The number of nitrogens with one attached hydrogen (secondary N) is 1. The number of rotatable bonds is 5. The lowest BCUT2D eigenvalue weighted by molar-refractivity contribution is 0.417. The largest absolute Gasteiger partial charge is 0.313 e. The second kappa shape index (κ2) is 4.10. The van der Waals surface area contributed by atoms with E-state index in [1.165, 1.54) is 25.8 Å². The minimum absolute atomic E-state index is 0.794. The lowest BCUT2D eigenvalue weighted by atomic mass is 10.1. The van der Waals surface area contributed by atoms with Crippen molar-refractivity contribution in [3.63, 3.8) is 0 Å². The van der Waals surface area contributed by atoms with Crippen LogP contribution in [0.4, 0.5) is 0 Å². The summed E-state index contributed by atoms with van der Waals surface area (Å²) in [5.41, 5.74) is 0. The summed E-state index contributed by atoms with van der Waals surface area (Å²) >= 11 is 0. The fourth-order valence-electron chi connectivity index (χ4n) is 1.53. The molecular formula is C10H21N. The summed E-state index contributed by atoms with van der Waals surface area (Å²) in [7, 11) is 0. The smallest absolute Gasteiger partial charge is 0.00928 e. The Labute approximate surface area is 70.6 Å². The SMILES string of the molecule is CCC(NCC(C)C)C1CC1. The predicted molar refractivity (Wildman–Crippen MR) is 49.6 cm³/mol. The molecule has 1 aliphatic carbocycles. The van der Waals surface area contributed by atoms with Gasteiger partial charge in [0.15, 0.2) is 0 Å². The van der Waals surface area contributed by atoms with Gasteiger partial charge >= 0.3 is 0 Å². The third-order valence-electron chi connectivity index (χ3n) is 2.42. The molecule has 1 fully saturated rings. The molecular weight excluding hydrogens is 134 g/mol. The Bertz CT molecular complexity index is 105. The topological polar surface area (TPSA) is 12.0 Å². The fraction of sp³-hybridized carbons (Fsp3) is 1.00. The van der Waals surface area contributed by atoms with Crippen molar-refractivity contribution in [2.75, 3.05) is 6.54 Å². The average Bonchev–Trinajstić information content (AvgIpc) is 2.72. The van der Waals surface area contributed by atoms with Crippen LogP contribution in [0.5, 0.6) is 0 Å². The van der Waals surface area contributed by atoms with Crippen LogP contribution in [0.1, 0.15) is 40.0 Å². The first-order valence-electron chi connectivity index (χ1n) is 4.97. The Morgan fingerprint density at radius 3 is 2.36 bits per heavy atom. The quantitative estimate of drug-likeness (QED) is 0.643. The summed E-state index contributed by atoms with van der Waals surface area (Å²) < 4.78 is 0. The molecule has 0 aromatic rings. The molecule has 1 unspecified atom stereocenters. The molecule has 1 aliphatic rings. The van der Waals surface area contributed by atoms with Crippen molar-refractivity contribution >= 4 is 0 Å². The van der Waals surface area contributed by atoms with Crippen LogP contribution >= 0.6 is 0 Å². The summed E-state index contributed by atoms with van der Waals surface area (Å²) in [6.07, 6.45) is 4.23. The van der Waals surface area contributed by atoms with Gasteiger partial charge in [-0.15, -0.1) is 0 Å². The van der Waals surface area contributed by atoms with Gasteiger partial charge in [-0.3, -0.25) is 0 Å². The highest BCUT2D eigenvalue weighted by Crippen LogP contribution is 2.33. The van der Waals surface area contributed by atoms with Gasteiger partial charge < -0.3 is 5.32 Å². The Hall–Kier alpha value is -0.0400. The maximum atomic E-state index is 3.63. The Balaban J connectivity index is 2.10. The Morgan fingerprint density at radius 2 is 2.00 bits per heavy atom. The van der Waals surface area contributed by atoms with Crippen LogP contribution in [0, 0.1) is 11.8 Å². The molecule has 1 N–H and O–H groups in total. The van der Waals surface area contributed by atoms with Gasteiger partial charge in [0, 0.05) is 6.04 Å². The summed E-state index contributed by atoms with van der Waals surface area (Å²) in [5.74, 6) is 1.81. The molecule has 0 aliphatic heterocycles. The lowest BCUT2D eigenvalue weighted by Gasteiger charge is -2.17. The molecule has 0 spiro atoms. The molecule has 0 saturated heterocycles. The molecule has 1 rings (SSSR count). The maximum Gasteiger partial charge on any atom is 0.00928 e. The number of hydrogen-bond acceptors (Lipinski definition) is 1. The minimum atomic E-state index is 0.794. The van der Waals surface area contributed by atoms with Crippen molar-refractivity contribution in [1.29, 1.82) is 0 Å². The summed E-state index contributed by atoms with van der Waals surface area (Å²) in [4.78, 5) is 0. The zero-order chi connectivity index (χ0) is 8.27. The lowest BCUT2D eigenvalue weighted by Crippen LogP contribution is -2.33. The Kier molecular flexibility index (Phi) is 3.38. The van der Waals surface area contributed by atoms with Crippen LogP contribution in [-0.4, -0.2) is 12.6 Å². The van der Waals surface area contributed by atoms with Crippen molar-refractivity contribution in [1.82, 2.24) is 5.32 Å². The van der Waals surface area contributed by atoms with Crippen molar-refractivity contribution in [3.8, 4) is 0 Å². The van der Waals surface area contributed by atoms with Crippen molar-refractivity contribution in [2.24, 2.45) is 11.8 Å². The third-order valence-corrected chi connectivity index (χ3v) is 2.42. The second-order valence-corrected chi connectivity index (χ2v) is 4.15. The second-order valence-electron chi connectivity index (χ2n) is 4.15. The molecule has 0 heterocycles. The van der Waals surface area contributed by atoms with Crippen molar-refractivity contribution in [3.05, 3.63) is 0 Å². The standard InChI is InChI=1S/C10H21N/c1-4-10(9-5-6-9)11-7-8(2)3/h8-11H,4-7H2,1-3H3. The first-order chi connectivity index (χ1) is 5.24. The van der Waals surface area contributed by atoms with Crippen LogP contribution in [0.25, 0.3) is 0 Å². The summed E-state index contributed by atoms with van der Waals surface area (Å²) in [6, 6.07) is 0.817. The van der Waals surface area contributed by atoms with E-state index >= 15 is 0 Å². The normalized spacial score (nSPS) is 20.7. The third kappa shape index (κ3) is 3.24. The highest BCUT2D eigenvalue weighted by atomic mass is 14.9. The molecule has 1 nitrogen and oxygen atoms in total. The van der Waals surface area contributed by atoms with E-state index in [1.807, 2.05) is 0 Å². The van der Waals surface area contributed by atoms with E-state index < -0.39 is 0 Å². The van der Waals surface area contributed by atoms with E-state index in [2.05, 4.69) is 26.1 Å². The molecule has 0 amide bonds. The van der Waals surface area contributed by atoms with Gasteiger partial charge in [-0.25, -0.2) is 0 Å². The van der Waals surface area contributed by atoms with Crippen LogP contribution < -0.4 is 5.32 Å². The highest BCUT2D eigenvalue weighted by molar-refractivity contribution is 4.85. The van der Waals surface area contributed by atoms with E-state index in [4.69, 9.17) is 0 Å². The highest BCUT2D eigenvalue weighted by Gasteiger charge is 2.29. The first-order valence-corrected chi connectivity index (χ1v) is 4.97. The van der Waals surface area contributed by atoms with Crippen LogP contribution in [0.3, 0.4) is 0 Å². The summed E-state index contributed by atoms with van der Waals surface area (Å²) in [6.45, 7) is 8.02. The van der Waals surface area contributed by atoms with E-state index in [9.17, 15) is 0 Å². The van der Waals surface area contributed by atoms with Gasteiger partial charge in [0.2, 0.25) is 0 Å². The average molecular weight is 155 g/mol. The molecule has 0 bridgehead atoms. The zero-order valence-electron chi connectivity index (χ0n) is 8.06. The van der Waals surface area contributed by atoms with Gasteiger partial charge in [0.1, 0.15) is 0 Å². The van der Waals surface area contributed by atoms with Crippen LogP contribution in [0.2, 0.25) is 0 Å². The van der Waals surface area contributed by atoms with Crippen LogP contribution in [0.15, 0.2) is 0 Å². The van der Waals surface area contributed by atoms with Gasteiger partial charge in [0.05, 0.1) is 0 Å². The molecule has 1 saturated carbocycles. The first kappa shape index (κ1) is 9.05. The monoisotopic (exact) mass is 155 g/mol. The van der Waals surface area contributed by atoms with Crippen LogP contribution in [-0.2, 0) is 0 Å². The summed E-state index contributed by atoms with van der Waals surface area (Å²) in [5, 5.41) is 3.63. The maximum absolute atomic E-state index is 3.63. The van der Waals surface area contributed by atoms with Crippen molar-refractivity contribution < 1.29 is 0 Å². The molecule has 1 heteroatoms. The molecule has 0 radical (unpaired) electrons. The van der Waals surface area contributed by atoms with E-state index in [0.717, 1.165) is 17.9 Å². The zero-order valence-corrected chi connectivity index (χ0v) is 8.06. The van der Waals surface area contributed by atoms with Gasteiger partial charge in [-0.05, 0) is 37.6 Å². The minimum Gasteiger partial charge on any atom is -0.313 e. The Morgan fingerprint density at radius 1 is 1.36 bits per heavy atom. The molecule has 11 heavy (non-hydrogen) atoms. The van der Waals surface area contributed by atoms with Gasteiger partial charge in [-0.1, -0.05) is 20.8 Å². The van der Waals surface area contributed by atoms with Gasteiger partial charge in [0.25, 0.3) is 0 Å². The van der Waals surface area contributed by atoms with E-state index in [0.29, 0.717) is 0 Å². The predicted octanol–water partition coefficient (Wildman–Crippen LogP) is 2.42.